The molecule has 39 heavy (non-hydrogen) atoms. The second-order valence-electron chi connectivity index (χ2n) is 9.79. The Bertz CT molecular complexity index is 1470. The topological polar surface area (TPSA) is 149 Å². The van der Waals surface area contributed by atoms with E-state index in [1.54, 1.807) is 42.9 Å². The van der Waals surface area contributed by atoms with E-state index in [2.05, 4.69) is 15.4 Å². The van der Waals surface area contributed by atoms with Gasteiger partial charge in [0.2, 0.25) is 5.91 Å². The number of anilines is 2. The van der Waals surface area contributed by atoms with Gasteiger partial charge in [0.1, 0.15) is 22.5 Å². The Morgan fingerprint density at radius 1 is 1.05 bits per heavy atom. The molecule has 0 radical (unpaired) electrons. The van der Waals surface area contributed by atoms with Crippen molar-refractivity contribution in [3.05, 3.63) is 83.3 Å². The van der Waals surface area contributed by atoms with E-state index in [1.165, 1.54) is 19.9 Å². The van der Waals surface area contributed by atoms with E-state index in [9.17, 15) is 23.5 Å². The number of carbonyl (C=O) groups excluding carboxylic acids is 2. The average molecular weight is 557 g/mol. The molecule has 3 aromatic heterocycles. The molecule has 2 amide bonds. The van der Waals surface area contributed by atoms with Crippen LogP contribution in [0.2, 0.25) is 0 Å². The molecule has 206 valence electrons. The molecule has 4 aromatic rings. The molecule has 0 unspecified atom stereocenters. The van der Waals surface area contributed by atoms with Gasteiger partial charge in [-0.3, -0.25) is 14.3 Å². The molecule has 0 saturated carbocycles. The maximum atomic E-state index is 14.8. The Kier molecular flexibility index (Phi) is 8.51. The summed E-state index contributed by atoms with van der Waals surface area (Å²) in [5, 5.41) is 17.1. The fourth-order valence-electron chi connectivity index (χ4n) is 3.39. The molecule has 0 aliphatic carbocycles. The fraction of sp³-hybridized carbons (Fsp3) is 0.259. The van der Waals surface area contributed by atoms with Crippen molar-refractivity contribution in [1.82, 2.24) is 14.8 Å². The number of aryl methyl sites for hydroxylation is 1. The number of aliphatic hydroxyl groups is 1. The van der Waals surface area contributed by atoms with Crippen LogP contribution < -0.4 is 16.8 Å². The van der Waals surface area contributed by atoms with Crippen LogP contribution in [0.4, 0.5) is 19.6 Å². The third-order valence-electron chi connectivity index (χ3n) is 5.88. The van der Waals surface area contributed by atoms with Gasteiger partial charge in [0.15, 0.2) is 0 Å². The van der Waals surface area contributed by atoms with Crippen LogP contribution in [0.15, 0.2) is 54.9 Å². The minimum atomic E-state index is -1.43. The number of benzene rings is 1. The number of hydrogen-bond donors (Lipinski definition) is 4. The Morgan fingerprint density at radius 2 is 1.69 bits per heavy atom. The predicted molar refractivity (Wildman–Crippen MR) is 146 cm³/mol. The number of amides is 2. The minimum Gasteiger partial charge on any atom is -0.386 e. The number of pyridine rings is 1. The highest BCUT2D eigenvalue weighted by Gasteiger charge is 2.29. The number of nitrogens with one attached hydrogen (secondary N) is 1. The first-order valence-electron chi connectivity index (χ1n) is 11.7. The van der Waals surface area contributed by atoms with Gasteiger partial charge in [-0.05, 0) is 69.7 Å². The van der Waals surface area contributed by atoms with Gasteiger partial charge in [-0.2, -0.15) is 5.10 Å². The summed E-state index contributed by atoms with van der Waals surface area (Å²) in [6.45, 7) is 6.09. The molecule has 1 aromatic carbocycles. The normalized spacial score (nSPS) is 11.5. The van der Waals surface area contributed by atoms with Crippen LogP contribution in [0.25, 0.3) is 10.4 Å². The number of rotatable bonds is 7. The number of halogens is 2. The van der Waals surface area contributed by atoms with Gasteiger partial charge in [0, 0.05) is 24.3 Å². The second-order valence-corrected chi connectivity index (χ2v) is 10.8. The number of nitrogens with zero attached hydrogens (tertiary/aromatic N) is 3. The van der Waals surface area contributed by atoms with Crippen LogP contribution in [-0.2, 0) is 22.9 Å². The molecule has 0 fully saturated rings. The zero-order valence-corrected chi connectivity index (χ0v) is 22.9. The number of hydrogen-bond acceptors (Lipinski definition) is 7. The lowest BCUT2D eigenvalue weighted by Crippen LogP contribution is -2.36. The van der Waals surface area contributed by atoms with Gasteiger partial charge in [0.05, 0.1) is 27.8 Å². The fourth-order valence-corrected chi connectivity index (χ4v) is 4.51. The summed E-state index contributed by atoms with van der Waals surface area (Å²) in [6, 6.07) is 10.2. The third-order valence-corrected chi connectivity index (χ3v) is 6.94. The first-order valence-corrected chi connectivity index (χ1v) is 12.6. The zero-order valence-electron chi connectivity index (χ0n) is 22.1. The summed E-state index contributed by atoms with van der Waals surface area (Å²) in [6.07, 6.45) is 3.64. The van der Waals surface area contributed by atoms with Crippen LogP contribution in [0.3, 0.4) is 0 Å². The molecule has 0 aliphatic rings. The zero-order chi connectivity index (χ0) is 29.1. The standard InChI is InChI=1S/C23H24F2N4O3S.C4H6N2/c1-22(2,21(27)31)16-6-5-7-17(28-16)29-20-12(19(26)30)10-15(33-20)18-13(24)8-11(9-14(18)25)23(3,4)32;1-6-4-2-3-5-6/h5-10,32H,1-4H3,(H2,26,30)(H2,27,31)(H,28,29);2-4H,1H3. The van der Waals surface area contributed by atoms with Crippen LogP contribution in [0.5, 0.6) is 0 Å². The first kappa shape index (κ1) is 29.4. The maximum Gasteiger partial charge on any atom is 0.251 e. The molecular weight excluding hydrogens is 526 g/mol. The van der Waals surface area contributed by atoms with E-state index in [0.717, 1.165) is 23.5 Å². The van der Waals surface area contributed by atoms with E-state index in [4.69, 9.17) is 11.5 Å². The molecule has 0 bridgehead atoms. The van der Waals surface area contributed by atoms with E-state index < -0.39 is 34.5 Å². The highest BCUT2D eigenvalue weighted by atomic mass is 32.1. The second kappa shape index (κ2) is 11.3. The van der Waals surface area contributed by atoms with Crippen LogP contribution in [0, 0.1) is 11.6 Å². The lowest BCUT2D eigenvalue weighted by atomic mass is 9.88. The molecule has 0 aliphatic heterocycles. The summed E-state index contributed by atoms with van der Waals surface area (Å²) in [7, 11) is 1.89. The summed E-state index contributed by atoms with van der Waals surface area (Å²) in [5.41, 5.74) is 8.60. The summed E-state index contributed by atoms with van der Waals surface area (Å²) in [4.78, 5) is 28.3. The van der Waals surface area contributed by atoms with E-state index in [1.807, 2.05) is 19.3 Å². The summed E-state index contributed by atoms with van der Waals surface area (Å²) in [5.74, 6) is -2.86. The van der Waals surface area contributed by atoms with Gasteiger partial charge in [-0.1, -0.05) is 6.07 Å². The lowest BCUT2D eigenvalue weighted by Gasteiger charge is -2.20. The summed E-state index contributed by atoms with van der Waals surface area (Å²) >= 11 is 0.911. The number of aromatic nitrogens is 3. The molecule has 0 atom stereocenters. The van der Waals surface area contributed by atoms with Crippen molar-refractivity contribution in [3.63, 3.8) is 0 Å². The SMILES string of the molecule is CC(C)(O)c1cc(F)c(-c2cc(C(N)=O)c(Nc3cccc(C(C)(C)C(N)=O)n3)s2)c(F)c1.Cn1cccn1. The van der Waals surface area contributed by atoms with Crippen molar-refractivity contribution < 1.29 is 23.5 Å². The Balaban J connectivity index is 0.000000617. The lowest BCUT2D eigenvalue weighted by molar-refractivity contribution is -0.122. The largest absolute Gasteiger partial charge is 0.386 e. The summed E-state index contributed by atoms with van der Waals surface area (Å²) < 4.78 is 31.4. The molecule has 12 heteroatoms. The monoisotopic (exact) mass is 556 g/mol. The molecule has 0 spiro atoms. The van der Waals surface area contributed by atoms with Gasteiger partial charge in [-0.25, -0.2) is 13.8 Å². The predicted octanol–water partition coefficient (Wildman–Crippen LogP) is 4.34. The van der Waals surface area contributed by atoms with Crippen molar-refractivity contribution in [1.29, 1.82) is 0 Å². The molecule has 4 rings (SSSR count). The highest BCUT2D eigenvalue weighted by Crippen LogP contribution is 2.40. The minimum absolute atomic E-state index is 0.0155. The number of carbonyl (C=O) groups is 2. The molecule has 6 N–H and O–H groups in total. The maximum absolute atomic E-state index is 14.8. The molecule has 9 nitrogen and oxygen atoms in total. The van der Waals surface area contributed by atoms with Crippen molar-refractivity contribution in [2.75, 3.05) is 5.32 Å². The third kappa shape index (κ3) is 6.84. The van der Waals surface area contributed by atoms with Crippen molar-refractivity contribution in [2.24, 2.45) is 18.5 Å². The quantitative estimate of drug-likeness (QED) is 0.266. The van der Waals surface area contributed by atoms with E-state index in [-0.39, 0.29) is 32.4 Å². The van der Waals surface area contributed by atoms with Crippen molar-refractivity contribution in [2.45, 2.75) is 38.7 Å². The molecular formula is C27H30F2N6O3S. The Morgan fingerprint density at radius 3 is 2.15 bits per heavy atom. The van der Waals surface area contributed by atoms with Gasteiger partial charge >= 0.3 is 0 Å². The smallest absolute Gasteiger partial charge is 0.251 e. The van der Waals surface area contributed by atoms with E-state index in [0.29, 0.717) is 5.69 Å². The highest BCUT2D eigenvalue weighted by molar-refractivity contribution is 7.20. The Labute approximate surface area is 228 Å². The molecule has 0 saturated heterocycles. The van der Waals surface area contributed by atoms with E-state index >= 15 is 0 Å². The average Bonchev–Trinajstić information content (AvgIpc) is 3.48. The van der Waals surface area contributed by atoms with Gasteiger partial charge in [0.25, 0.3) is 5.91 Å². The van der Waals surface area contributed by atoms with Gasteiger partial charge < -0.3 is 21.9 Å². The Hall–Kier alpha value is -4.16. The van der Waals surface area contributed by atoms with Crippen molar-refractivity contribution >= 4 is 34.0 Å². The molecule has 3 heterocycles. The van der Waals surface area contributed by atoms with Crippen LogP contribution >= 0.6 is 11.3 Å². The number of primary amides is 2. The number of nitrogens with two attached hydrogens (primary N) is 2. The van der Waals surface area contributed by atoms with Crippen molar-refractivity contribution in [3.8, 4) is 10.4 Å². The number of thiophene rings is 1. The van der Waals surface area contributed by atoms with Gasteiger partial charge in [-0.15, -0.1) is 11.3 Å². The van der Waals surface area contributed by atoms with Crippen LogP contribution in [-0.4, -0.2) is 31.7 Å². The first-order chi connectivity index (χ1) is 18.1. The van der Waals surface area contributed by atoms with Crippen LogP contribution in [0.1, 0.15) is 49.3 Å².